The molecular formula is C20H20N10O4S4. The number of hydrogen-bond donors (Lipinski definition) is 2. The number of aryl methyl sites for hydroxylation is 1. The van der Waals surface area contributed by atoms with Gasteiger partial charge in [0.25, 0.3) is 11.6 Å². The van der Waals surface area contributed by atoms with Crippen LogP contribution in [0.5, 0.6) is 0 Å². The number of azo groups is 1. The standard InChI is InChI=1S/C20H20N10O4S4/c1-10-14(23-25-18-26-28-20(38-18)36-4-3-35-19-27-24-17(22)37-19)15(21)30(29-10)13-6-11(8-34-9-31)5-12(7-13)16(32)33-2/h5-7,9H,3-4,8,21H2,1-2H3,(H2,22,24). The summed E-state index contributed by atoms with van der Waals surface area (Å²) < 4.78 is 12.6. The molecular weight excluding hydrogens is 573 g/mol. The maximum atomic E-state index is 12.1. The van der Waals surface area contributed by atoms with E-state index in [0.29, 0.717) is 39.4 Å². The highest BCUT2D eigenvalue weighted by atomic mass is 32.2. The normalized spacial score (nSPS) is 11.2. The van der Waals surface area contributed by atoms with E-state index in [1.165, 1.54) is 34.5 Å². The van der Waals surface area contributed by atoms with Crippen LogP contribution in [0.15, 0.2) is 37.1 Å². The van der Waals surface area contributed by atoms with Gasteiger partial charge < -0.3 is 20.9 Å². The number of benzene rings is 1. The van der Waals surface area contributed by atoms with Gasteiger partial charge in [0.1, 0.15) is 6.61 Å². The zero-order valence-electron chi connectivity index (χ0n) is 19.9. The molecule has 3 aromatic heterocycles. The highest BCUT2D eigenvalue weighted by molar-refractivity contribution is 8.04. The Labute approximate surface area is 232 Å². The van der Waals surface area contributed by atoms with Crippen LogP contribution in [0, 0.1) is 6.92 Å². The Morgan fingerprint density at radius 2 is 1.82 bits per heavy atom. The molecule has 0 spiro atoms. The first-order valence-corrected chi connectivity index (χ1v) is 14.2. The van der Waals surface area contributed by atoms with E-state index in [9.17, 15) is 9.59 Å². The Kier molecular flexibility index (Phi) is 9.21. The van der Waals surface area contributed by atoms with Gasteiger partial charge in [0.05, 0.1) is 24.1 Å². The van der Waals surface area contributed by atoms with Crippen LogP contribution < -0.4 is 11.5 Å². The number of carbonyl (C=O) groups is 2. The van der Waals surface area contributed by atoms with E-state index in [2.05, 4.69) is 35.7 Å². The number of thioether (sulfide) groups is 2. The fourth-order valence-electron chi connectivity index (χ4n) is 3.03. The van der Waals surface area contributed by atoms with Gasteiger partial charge in [-0.25, -0.2) is 9.48 Å². The third-order valence-corrected chi connectivity index (χ3v) is 8.70. The maximum Gasteiger partial charge on any atom is 0.337 e. The lowest BCUT2D eigenvalue weighted by atomic mass is 10.1. The summed E-state index contributed by atoms with van der Waals surface area (Å²) in [6.07, 6.45) is 0. The van der Waals surface area contributed by atoms with Crippen LogP contribution in [0.1, 0.15) is 21.6 Å². The highest BCUT2D eigenvalue weighted by Crippen LogP contribution is 2.34. The third kappa shape index (κ3) is 6.82. The van der Waals surface area contributed by atoms with Crippen LogP contribution in [0.4, 0.5) is 21.8 Å². The number of anilines is 2. The average molecular weight is 593 g/mol. The van der Waals surface area contributed by atoms with Crippen molar-refractivity contribution in [2.24, 2.45) is 10.2 Å². The number of esters is 1. The molecule has 4 rings (SSSR count). The van der Waals surface area contributed by atoms with Gasteiger partial charge in [-0.05, 0) is 30.7 Å². The molecule has 0 radical (unpaired) electrons. The number of carbonyl (C=O) groups excluding carboxylic acids is 2. The van der Waals surface area contributed by atoms with Crippen LogP contribution >= 0.6 is 46.2 Å². The van der Waals surface area contributed by atoms with Crippen molar-refractivity contribution < 1.29 is 19.1 Å². The molecule has 0 amide bonds. The Morgan fingerprint density at radius 3 is 2.50 bits per heavy atom. The quantitative estimate of drug-likeness (QED) is 0.0792. The maximum absolute atomic E-state index is 12.1. The van der Waals surface area contributed by atoms with Gasteiger partial charge in [0.2, 0.25) is 5.13 Å². The van der Waals surface area contributed by atoms with Gasteiger partial charge in [-0.15, -0.1) is 30.6 Å². The van der Waals surface area contributed by atoms with Crippen molar-refractivity contribution in [1.29, 1.82) is 0 Å². The van der Waals surface area contributed by atoms with E-state index in [-0.39, 0.29) is 18.0 Å². The molecule has 1 aromatic carbocycles. The molecule has 0 fully saturated rings. The van der Waals surface area contributed by atoms with E-state index >= 15 is 0 Å². The van der Waals surface area contributed by atoms with Crippen molar-refractivity contribution >= 4 is 80.4 Å². The van der Waals surface area contributed by atoms with Crippen LogP contribution in [0.2, 0.25) is 0 Å². The molecule has 4 aromatic rings. The molecule has 0 bridgehead atoms. The fourth-order valence-corrected chi connectivity index (χ4v) is 6.44. The summed E-state index contributed by atoms with van der Waals surface area (Å²) in [5.74, 6) is 1.24. The lowest BCUT2D eigenvalue weighted by molar-refractivity contribution is -0.129. The van der Waals surface area contributed by atoms with Gasteiger partial charge in [-0.3, -0.25) is 4.79 Å². The highest BCUT2D eigenvalue weighted by Gasteiger charge is 2.17. The molecule has 38 heavy (non-hydrogen) atoms. The van der Waals surface area contributed by atoms with E-state index in [1.807, 2.05) is 0 Å². The summed E-state index contributed by atoms with van der Waals surface area (Å²) >= 11 is 5.77. The van der Waals surface area contributed by atoms with Crippen molar-refractivity contribution in [2.75, 3.05) is 30.1 Å². The number of ether oxygens (including phenoxy) is 2. The third-order valence-electron chi connectivity index (χ3n) is 4.61. The lowest BCUT2D eigenvalue weighted by Crippen LogP contribution is -2.08. The average Bonchev–Trinajstić information content (AvgIpc) is 3.62. The first-order chi connectivity index (χ1) is 18.4. The molecule has 0 aliphatic heterocycles. The zero-order valence-corrected chi connectivity index (χ0v) is 23.2. The van der Waals surface area contributed by atoms with Gasteiger partial charge in [0, 0.05) is 11.5 Å². The molecule has 14 nitrogen and oxygen atoms in total. The first kappa shape index (κ1) is 27.4. The number of nitrogens with two attached hydrogens (primary N) is 2. The molecule has 0 aliphatic rings. The summed E-state index contributed by atoms with van der Waals surface area (Å²) in [6, 6.07) is 4.81. The number of nitrogen functional groups attached to an aromatic ring is 2. The van der Waals surface area contributed by atoms with Crippen LogP contribution in [0.25, 0.3) is 5.69 Å². The van der Waals surface area contributed by atoms with Crippen molar-refractivity contribution in [3.63, 3.8) is 0 Å². The first-order valence-electron chi connectivity index (χ1n) is 10.6. The molecule has 0 aliphatic carbocycles. The second-order valence-corrected chi connectivity index (χ2v) is 11.8. The molecule has 0 saturated carbocycles. The number of rotatable bonds is 12. The Balaban J connectivity index is 1.46. The molecule has 3 heterocycles. The van der Waals surface area contributed by atoms with E-state index in [1.54, 1.807) is 48.6 Å². The monoisotopic (exact) mass is 592 g/mol. The Morgan fingerprint density at radius 1 is 1.08 bits per heavy atom. The van der Waals surface area contributed by atoms with Crippen LogP contribution in [-0.2, 0) is 20.9 Å². The Hall–Kier alpha value is -3.61. The Bertz CT molecular complexity index is 1470. The summed E-state index contributed by atoms with van der Waals surface area (Å²) in [6.45, 7) is 2.01. The molecule has 0 unspecified atom stereocenters. The summed E-state index contributed by atoms with van der Waals surface area (Å²) in [7, 11) is 1.27. The van der Waals surface area contributed by atoms with Crippen LogP contribution in [-0.4, -0.2) is 61.2 Å². The van der Waals surface area contributed by atoms with Crippen LogP contribution in [0.3, 0.4) is 0 Å². The molecule has 198 valence electrons. The van der Waals surface area contributed by atoms with E-state index < -0.39 is 5.97 Å². The summed E-state index contributed by atoms with van der Waals surface area (Å²) in [5.41, 5.74) is 14.0. The van der Waals surface area contributed by atoms with Crippen molar-refractivity contribution in [2.45, 2.75) is 22.2 Å². The van der Waals surface area contributed by atoms with E-state index in [4.69, 9.17) is 20.9 Å². The fraction of sp³-hybridized carbons (Fsp3) is 0.250. The molecule has 18 heteroatoms. The smallest absolute Gasteiger partial charge is 0.337 e. The zero-order chi connectivity index (χ0) is 27.1. The number of nitrogens with zero attached hydrogens (tertiary/aromatic N) is 8. The van der Waals surface area contributed by atoms with Crippen molar-refractivity contribution in [1.82, 2.24) is 30.2 Å². The second-order valence-electron chi connectivity index (χ2n) is 7.17. The minimum absolute atomic E-state index is 0.0408. The van der Waals surface area contributed by atoms with Gasteiger partial charge in [-0.2, -0.15) is 5.10 Å². The second kappa shape index (κ2) is 12.8. The lowest BCUT2D eigenvalue weighted by Gasteiger charge is -2.09. The SMILES string of the molecule is COC(=O)c1cc(COC=O)cc(-n2nc(C)c(N=Nc3nnc(SCCSc4nnc(N)s4)s3)c2N)c1. The minimum Gasteiger partial charge on any atom is -0.465 e. The molecule has 4 N–H and O–H groups in total. The number of aromatic nitrogens is 6. The summed E-state index contributed by atoms with van der Waals surface area (Å²) in [4.78, 5) is 22.8. The van der Waals surface area contributed by atoms with Crippen molar-refractivity contribution in [3.05, 3.63) is 35.0 Å². The van der Waals surface area contributed by atoms with Gasteiger partial charge in [0.15, 0.2) is 20.2 Å². The summed E-state index contributed by atoms with van der Waals surface area (Å²) in [5, 5.41) is 29.6. The predicted molar refractivity (Wildman–Crippen MR) is 145 cm³/mol. The molecule has 0 saturated heterocycles. The molecule has 0 atom stereocenters. The van der Waals surface area contributed by atoms with Crippen molar-refractivity contribution in [3.8, 4) is 5.69 Å². The minimum atomic E-state index is -0.560. The largest absolute Gasteiger partial charge is 0.465 e. The number of methoxy groups -OCH3 is 1. The van der Waals surface area contributed by atoms with Gasteiger partial charge in [-0.1, -0.05) is 46.2 Å². The van der Waals surface area contributed by atoms with Gasteiger partial charge >= 0.3 is 5.97 Å². The topological polar surface area (TPSA) is 199 Å². The van der Waals surface area contributed by atoms with E-state index in [0.717, 1.165) is 20.2 Å². The predicted octanol–water partition coefficient (Wildman–Crippen LogP) is 3.81. The number of hydrogen-bond acceptors (Lipinski definition) is 17.